The van der Waals surface area contributed by atoms with Gasteiger partial charge in [0.2, 0.25) is 0 Å². The van der Waals surface area contributed by atoms with Crippen molar-refractivity contribution in [1.29, 1.82) is 5.26 Å². The van der Waals surface area contributed by atoms with Gasteiger partial charge in [-0.1, -0.05) is 11.6 Å². The maximum atomic E-state index is 13.0. The highest BCUT2D eigenvalue weighted by Crippen LogP contribution is 2.36. The number of nitrogens with zero attached hydrogens (tertiary/aromatic N) is 3. The van der Waals surface area contributed by atoms with Gasteiger partial charge in [-0.05, 0) is 60.7 Å². The molecule has 0 radical (unpaired) electrons. The molecule has 0 aliphatic rings. The molecular weight excluding hydrogens is 483 g/mol. The van der Waals surface area contributed by atoms with Crippen molar-refractivity contribution in [2.45, 2.75) is 6.18 Å². The molecule has 7 nitrogen and oxygen atoms in total. The zero-order valence-corrected chi connectivity index (χ0v) is 18.3. The van der Waals surface area contributed by atoms with Crippen LogP contribution in [0.25, 0.3) is 11.0 Å². The summed E-state index contributed by atoms with van der Waals surface area (Å²) in [4.78, 5) is 33.3. The van der Waals surface area contributed by atoms with Crippen LogP contribution in [0, 0.1) is 11.3 Å². The highest BCUT2D eigenvalue weighted by Gasteiger charge is 2.33. The van der Waals surface area contributed by atoms with Crippen molar-refractivity contribution in [3.05, 3.63) is 94.3 Å². The highest BCUT2D eigenvalue weighted by molar-refractivity contribution is 6.31. The lowest BCUT2D eigenvalue weighted by Gasteiger charge is -2.12. The number of hydrogen-bond donors (Lipinski definition) is 2. The summed E-state index contributed by atoms with van der Waals surface area (Å²) in [6.45, 7) is 0. The maximum absolute atomic E-state index is 13.0. The Morgan fingerprint density at radius 3 is 2.23 bits per heavy atom. The van der Waals surface area contributed by atoms with E-state index in [2.05, 4.69) is 20.6 Å². The second kappa shape index (κ2) is 9.40. The van der Waals surface area contributed by atoms with Crippen LogP contribution in [0.15, 0.2) is 66.9 Å². The monoisotopic (exact) mass is 495 g/mol. The lowest BCUT2D eigenvalue weighted by molar-refractivity contribution is -0.137. The van der Waals surface area contributed by atoms with E-state index in [4.69, 9.17) is 16.9 Å². The summed E-state index contributed by atoms with van der Waals surface area (Å²) in [7, 11) is 0. The van der Waals surface area contributed by atoms with Gasteiger partial charge in [0.1, 0.15) is 6.07 Å². The number of urea groups is 1. The number of fused-ring (bicyclic) bond motifs is 1. The minimum atomic E-state index is -4.66. The van der Waals surface area contributed by atoms with Crippen LogP contribution in [0.3, 0.4) is 0 Å². The Morgan fingerprint density at radius 1 is 0.886 bits per heavy atom. The average Bonchev–Trinajstić information content (AvgIpc) is 2.83. The van der Waals surface area contributed by atoms with Crippen molar-refractivity contribution >= 4 is 45.8 Å². The number of hydrogen-bond acceptors (Lipinski definition) is 5. The molecule has 1 heterocycles. The number of carbonyl (C=O) groups excluding carboxylic acids is 2. The van der Waals surface area contributed by atoms with Crippen molar-refractivity contribution in [2.24, 2.45) is 0 Å². The summed E-state index contributed by atoms with van der Waals surface area (Å²) in [5, 5.41) is 13.3. The number of aromatic nitrogens is 2. The molecule has 0 atom stereocenters. The van der Waals surface area contributed by atoms with Crippen molar-refractivity contribution in [2.75, 3.05) is 10.6 Å². The normalized spacial score (nSPS) is 11.1. The minimum Gasteiger partial charge on any atom is -0.308 e. The summed E-state index contributed by atoms with van der Waals surface area (Å²) >= 11 is 5.58. The van der Waals surface area contributed by atoms with Crippen LogP contribution in [-0.2, 0) is 6.18 Å². The third-order valence-electron chi connectivity index (χ3n) is 4.85. The zero-order chi connectivity index (χ0) is 25.2. The third-order valence-corrected chi connectivity index (χ3v) is 5.18. The predicted molar refractivity (Wildman–Crippen MR) is 123 cm³/mol. The number of nitriles is 1. The Balaban J connectivity index is 1.45. The van der Waals surface area contributed by atoms with E-state index in [0.717, 1.165) is 12.1 Å². The molecule has 4 rings (SSSR count). The van der Waals surface area contributed by atoms with Crippen molar-refractivity contribution in [1.82, 2.24) is 9.97 Å². The first-order valence-electron chi connectivity index (χ1n) is 9.90. The number of nitrogens with one attached hydrogen (secondary N) is 2. The van der Waals surface area contributed by atoms with E-state index in [1.807, 2.05) is 6.07 Å². The number of benzene rings is 3. The van der Waals surface area contributed by atoms with Crippen LogP contribution in [0.1, 0.15) is 27.2 Å². The second-order valence-corrected chi connectivity index (χ2v) is 7.66. The van der Waals surface area contributed by atoms with E-state index in [9.17, 15) is 22.8 Å². The molecule has 4 aromatic rings. The SMILES string of the molecule is N#Cc1cnc2ccc(C(=O)c3ccc(NC(=O)Nc4ccc(Cl)c(C(F)(F)F)c4)cc3)cc2n1. The number of alkyl halides is 3. The van der Waals surface area contributed by atoms with Crippen LogP contribution >= 0.6 is 11.6 Å². The Labute approximate surface area is 201 Å². The van der Waals surface area contributed by atoms with Crippen LogP contribution in [-0.4, -0.2) is 21.8 Å². The molecule has 2 N–H and O–H groups in total. The molecule has 0 bridgehead atoms. The van der Waals surface area contributed by atoms with Crippen molar-refractivity contribution in [3.63, 3.8) is 0 Å². The van der Waals surface area contributed by atoms with E-state index < -0.39 is 22.8 Å². The Morgan fingerprint density at radius 2 is 1.54 bits per heavy atom. The molecule has 35 heavy (non-hydrogen) atoms. The first-order valence-corrected chi connectivity index (χ1v) is 10.3. The lowest BCUT2D eigenvalue weighted by atomic mass is 10.0. The van der Waals surface area contributed by atoms with E-state index >= 15 is 0 Å². The van der Waals surface area contributed by atoms with E-state index in [1.54, 1.807) is 12.1 Å². The van der Waals surface area contributed by atoms with Gasteiger partial charge in [-0.15, -0.1) is 0 Å². The number of rotatable bonds is 4. The van der Waals surface area contributed by atoms with Crippen LogP contribution < -0.4 is 10.6 Å². The molecule has 0 aliphatic heterocycles. The van der Waals surface area contributed by atoms with Crippen molar-refractivity contribution in [3.8, 4) is 6.07 Å². The summed E-state index contributed by atoms with van der Waals surface area (Å²) in [5.74, 6) is -0.312. The smallest absolute Gasteiger partial charge is 0.308 e. The van der Waals surface area contributed by atoms with E-state index in [1.165, 1.54) is 42.6 Å². The maximum Gasteiger partial charge on any atom is 0.417 e. The van der Waals surface area contributed by atoms with E-state index in [-0.39, 0.29) is 17.2 Å². The third kappa shape index (κ3) is 5.37. The van der Waals surface area contributed by atoms with Gasteiger partial charge in [0.05, 0.1) is 27.8 Å². The first kappa shape index (κ1) is 23.7. The van der Waals surface area contributed by atoms with Gasteiger partial charge >= 0.3 is 12.2 Å². The molecular formula is C24H13ClF3N5O2. The van der Waals surface area contributed by atoms with Gasteiger partial charge in [0.15, 0.2) is 11.5 Å². The summed E-state index contributed by atoms with van der Waals surface area (Å²) < 4.78 is 39.0. The summed E-state index contributed by atoms with van der Waals surface area (Å²) in [6.07, 6.45) is -3.32. The molecule has 11 heteroatoms. The largest absolute Gasteiger partial charge is 0.417 e. The molecule has 1 aromatic heterocycles. The second-order valence-electron chi connectivity index (χ2n) is 7.25. The highest BCUT2D eigenvalue weighted by atomic mass is 35.5. The molecule has 3 aromatic carbocycles. The molecule has 0 unspecified atom stereocenters. The van der Waals surface area contributed by atoms with Gasteiger partial charge in [-0.25, -0.2) is 9.78 Å². The lowest BCUT2D eigenvalue weighted by Crippen LogP contribution is -2.20. The molecule has 0 saturated heterocycles. The van der Waals surface area contributed by atoms with Crippen molar-refractivity contribution < 1.29 is 22.8 Å². The predicted octanol–water partition coefficient (Wildman–Crippen LogP) is 6.05. The zero-order valence-electron chi connectivity index (χ0n) is 17.5. The van der Waals surface area contributed by atoms with Gasteiger partial charge in [0.25, 0.3) is 0 Å². The number of halogens is 4. The molecule has 0 aliphatic carbocycles. The van der Waals surface area contributed by atoms with Gasteiger partial charge < -0.3 is 10.6 Å². The van der Waals surface area contributed by atoms with Crippen LogP contribution in [0.2, 0.25) is 5.02 Å². The summed E-state index contributed by atoms with van der Waals surface area (Å²) in [6, 6.07) is 14.8. The molecule has 0 saturated carbocycles. The Bertz CT molecular complexity index is 1500. The Hall–Kier alpha value is -4.49. The fourth-order valence-electron chi connectivity index (χ4n) is 3.19. The number of ketones is 1. The topological polar surface area (TPSA) is 108 Å². The van der Waals surface area contributed by atoms with Gasteiger partial charge in [0, 0.05) is 22.5 Å². The standard InChI is InChI=1S/C24H13ClF3N5O2/c25-19-7-6-16(10-18(19)24(26,27)28)33-23(35)32-15-4-1-13(2-5-15)22(34)14-3-8-20-21(9-14)31-17(11-29)12-30-20/h1-10,12H,(H2,32,33,35). The Kier molecular flexibility index (Phi) is 6.36. The quantitative estimate of drug-likeness (QED) is 0.335. The fraction of sp³-hybridized carbons (Fsp3) is 0.0417. The molecule has 0 fully saturated rings. The molecule has 174 valence electrons. The number of anilines is 2. The van der Waals surface area contributed by atoms with E-state index in [0.29, 0.717) is 27.8 Å². The number of amides is 2. The average molecular weight is 496 g/mol. The van der Waals surface area contributed by atoms with Gasteiger partial charge in [-0.2, -0.15) is 18.4 Å². The molecule has 2 amide bonds. The van der Waals surface area contributed by atoms with Gasteiger partial charge in [-0.3, -0.25) is 9.78 Å². The summed E-state index contributed by atoms with van der Waals surface area (Å²) in [5.41, 5.74) is 0.884. The fourth-order valence-corrected chi connectivity index (χ4v) is 3.42. The number of carbonyl (C=O) groups is 2. The first-order chi connectivity index (χ1) is 16.6. The minimum absolute atomic E-state index is 0.0926. The molecule has 0 spiro atoms. The van der Waals surface area contributed by atoms with Crippen LogP contribution in [0.4, 0.5) is 29.3 Å². The van der Waals surface area contributed by atoms with Crippen LogP contribution in [0.5, 0.6) is 0 Å².